The fourth-order valence-corrected chi connectivity index (χ4v) is 5.35. The van der Waals surface area contributed by atoms with Crippen molar-refractivity contribution in [2.45, 2.75) is 44.6 Å². The van der Waals surface area contributed by atoms with Crippen LogP contribution in [0.3, 0.4) is 0 Å². The number of halogens is 1. The molecule has 1 aliphatic rings. The van der Waals surface area contributed by atoms with Crippen LogP contribution >= 0.6 is 0 Å². The molecule has 1 saturated carbocycles. The molecule has 1 amide bonds. The Morgan fingerprint density at radius 3 is 2.44 bits per heavy atom. The van der Waals surface area contributed by atoms with Gasteiger partial charge in [0.2, 0.25) is 0 Å². The maximum atomic E-state index is 14.5. The Bertz CT molecular complexity index is 1390. The summed E-state index contributed by atoms with van der Waals surface area (Å²) in [6, 6.07) is 20.3. The van der Waals surface area contributed by atoms with E-state index in [1.165, 1.54) is 6.07 Å². The number of aryl methyl sites for hydroxylation is 1. The van der Waals surface area contributed by atoms with E-state index >= 15 is 0 Å². The molecule has 174 valence electrons. The molecule has 34 heavy (non-hydrogen) atoms. The van der Waals surface area contributed by atoms with E-state index in [2.05, 4.69) is 28.9 Å². The van der Waals surface area contributed by atoms with E-state index in [9.17, 15) is 14.0 Å². The monoisotopic (exact) mass is 458 g/mol. The van der Waals surface area contributed by atoms with Gasteiger partial charge in [0.05, 0.1) is 5.41 Å². The number of nitrogens with zero attached hydrogens (tertiary/aromatic N) is 1. The number of esters is 1. The lowest BCUT2D eigenvalue weighted by atomic mass is 9.78. The number of hydrogen-bond donors (Lipinski definition) is 1. The molecule has 1 fully saturated rings. The van der Waals surface area contributed by atoms with Gasteiger partial charge in [-0.2, -0.15) is 0 Å². The third-order valence-corrected chi connectivity index (χ3v) is 6.94. The Morgan fingerprint density at radius 1 is 0.971 bits per heavy atom. The fraction of sp³-hybridized carbons (Fsp3) is 0.286. The number of carbonyl (C=O) groups is 2. The maximum absolute atomic E-state index is 14.5. The molecule has 1 aliphatic carbocycles. The van der Waals surface area contributed by atoms with Crippen LogP contribution in [0.2, 0.25) is 0 Å². The molecule has 1 aromatic heterocycles. The van der Waals surface area contributed by atoms with Crippen molar-refractivity contribution < 1.29 is 18.7 Å². The zero-order chi connectivity index (χ0) is 23.7. The lowest BCUT2D eigenvalue weighted by Crippen LogP contribution is -2.37. The van der Waals surface area contributed by atoms with Crippen molar-refractivity contribution in [3.63, 3.8) is 0 Å². The molecule has 1 heterocycles. The quantitative estimate of drug-likeness (QED) is 0.363. The van der Waals surface area contributed by atoms with Crippen LogP contribution in [-0.4, -0.2) is 23.1 Å². The van der Waals surface area contributed by atoms with Crippen molar-refractivity contribution in [2.75, 3.05) is 11.9 Å². The van der Waals surface area contributed by atoms with Gasteiger partial charge in [0.25, 0.3) is 5.91 Å². The molecule has 0 unspecified atom stereocenters. The predicted molar refractivity (Wildman–Crippen MR) is 131 cm³/mol. The second-order valence-corrected chi connectivity index (χ2v) is 8.89. The molecule has 0 radical (unpaired) electrons. The highest BCUT2D eigenvalue weighted by Gasteiger charge is 2.45. The normalized spacial score (nSPS) is 15.0. The van der Waals surface area contributed by atoms with Crippen molar-refractivity contribution in [1.82, 2.24) is 4.57 Å². The number of fused-ring (bicyclic) bond motifs is 3. The largest absolute Gasteiger partial charge is 0.455 e. The van der Waals surface area contributed by atoms with Gasteiger partial charge in [-0.1, -0.05) is 49.2 Å². The molecule has 4 aromatic rings. The molecule has 0 aliphatic heterocycles. The zero-order valence-electron chi connectivity index (χ0n) is 19.1. The van der Waals surface area contributed by atoms with Gasteiger partial charge in [-0.15, -0.1) is 0 Å². The first-order chi connectivity index (χ1) is 16.5. The Labute approximate surface area is 197 Å². The third kappa shape index (κ3) is 3.73. The van der Waals surface area contributed by atoms with Gasteiger partial charge in [0.15, 0.2) is 6.61 Å². The lowest BCUT2D eigenvalue weighted by molar-refractivity contribution is -0.153. The fourth-order valence-electron chi connectivity index (χ4n) is 5.35. The van der Waals surface area contributed by atoms with Crippen LogP contribution in [-0.2, 0) is 26.3 Å². The van der Waals surface area contributed by atoms with E-state index in [-0.39, 0.29) is 0 Å². The molecule has 1 N–H and O–H groups in total. The summed E-state index contributed by atoms with van der Waals surface area (Å²) in [5.74, 6) is -1.37. The first kappa shape index (κ1) is 22.1. The summed E-state index contributed by atoms with van der Waals surface area (Å²) < 4.78 is 22.2. The smallest absolute Gasteiger partial charge is 0.317 e. The number of ether oxygens (including phenoxy) is 1. The van der Waals surface area contributed by atoms with Crippen LogP contribution in [0.4, 0.5) is 10.1 Å². The summed E-state index contributed by atoms with van der Waals surface area (Å²) in [4.78, 5) is 25.7. The first-order valence-corrected chi connectivity index (χ1v) is 11.8. The minimum atomic E-state index is -1.02. The minimum Gasteiger partial charge on any atom is -0.455 e. The average molecular weight is 459 g/mol. The van der Waals surface area contributed by atoms with E-state index in [4.69, 9.17) is 4.74 Å². The third-order valence-electron chi connectivity index (χ3n) is 6.94. The Balaban J connectivity index is 1.32. The molecule has 5 nitrogen and oxygen atoms in total. The minimum absolute atomic E-state index is 0.357. The van der Waals surface area contributed by atoms with E-state index in [0.717, 1.165) is 41.2 Å². The van der Waals surface area contributed by atoms with Crippen LogP contribution in [0, 0.1) is 5.82 Å². The van der Waals surface area contributed by atoms with Gasteiger partial charge in [0, 0.05) is 39.6 Å². The summed E-state index contributed by atoms with van der Waals surface area (Å²) in [6.45, 7) is 2.54. The first-order valence-electron chi connectivity index (χ1n) is 11.8. The zero-order valence-corrected chi connectivity index (χ0v) is 19.1. The number of amides is 1. The second kappa shape index (κ2) is 8.93. The van der Waals surface area contributed by atoms with Crippen molar-refractivity contribution in [3.05, 3.63) is 78.1 Å². The van der Waals surface area contributed by atoms with E-state index in [1.54, 1.807) is 18.2 Å². The highest BCUT2D eigenvalue weighted by atomic mass is 19.1. The molecular formula is C28H27FN2O3. The van der Waals surface area contributed by atoms with Crippen LogP contribution < -0.4 is 5.32 Å². The standard InChI is InChI=1S/C28H27FN2O3/c1-2-31-24-12-6-3-9-20(24)21-17-19(13-14-25(21)31)30-26(32)18-34-27(33)28(15-7-8-16-28)22-10-4-5-11-23(22)29/h3-6,9-14,17H,2,7-8,15-16,18H2,1H3,(H,30,32). The second-order valence-electron chi connectivity index (χ2n) is 8.89. The van der Waals surface area contributed by atoms with Crippen LogP contribution in [0.5, 0.6) is 0 Å². The lowest BCUT2D eigenvalue weighted by Gasteiger charge is -2.27. The number of aromatic nitrogens is 1. The SMILES string of the molecule is CCn1c2ccccc2c2cc(NC(=O)COC(=O)C3(c4ccccc4F)CCCC3)ccc21. The van der Waals surface area contributed by atoms with E-state index < -0.39 is 29.7 Å². The molecule has 5 rings (SSSR count). The van der Waals surface area contributed by atoms with Gasteiger partial charge in [-0.05, 0) is 50.1 Å². The van der Waals surface area contributed by atoms with Gasteiger partial charge < -0.3 is 14.6 Å². The predicted octanol–water partition coefficient (Wildman–Crippen LogP) is 5.95. The molecular weight excluding hydrogens is 431 g/mol. The Hall–Kier alpha value is -3.67. The van der Waals surface area contributed by atoms with Crippen molar-refractivity contribution in [1.29, 1.82) is 0 Å². The van der Waals surface area contributed by atoms with Crippen LogP contribution in [0.25, 0.3) is 21.8 Å². The number of rotatable bonds is 6. The topological polar surface area (TPSA) is 60.3 Å². The highest BCUT2D eigenvalue weighted by Crippen LogP contribution is 2.43. The Morgan fingerprint density at radius 2 is 1.68 bits per heavy atom. The molecule has 0 bridgehead atoms. The van der Waals surface area contributed by atoms with E-state index in [1.807, 2.05) is 30.3 Å². The summed E-state index contributed by atoms with van der Waals surface area (Å²) in [5, 5.41) is 5.01. The van der Waals surface area contributed by atoms with Gasteiger partial charge in [0.1, 0.15) is 5.82 Å². The number of benzene rings is 3. The maximum Gasteiger partial charge on any atom is 0.317 e. The molecule has 0 atom stereocenters. The number of para-hydroxylation sites is 1. The summed E-state index contributed by atoms with van der Waals surface area (Å²) in [5.41, 5.74) is 2.22. The number of nitrogens with one attached hydrogen (secondary N) is 1. The Kier molecular flexibility index (Phi) is 5.82. The molecule has 3 aromatic carbocycles. The van der Waals surface area contributed by atoms with Gasteiger partial charge in [-0.3, -0.25) is 9.59 Å². The van der Waals surface area contributed by atoms with Crippen molar-refractivity contribution >= 4 is 39.4 Å². The number of carbonyl (C=O) groups excluding carboxylic acids is 2. The van der Waals surface area contributed by atoms with Crippen LogP contribution in [0.1, 0.15) is 38.2 Å². The van der Waals surface area contributed by atoms with Crippen molar-refractivity contribution in [2.24, 2.45) is 0 Å². The van der Waals surface area contributed by atoms with Crippen molar-refractivity contribution in [3.8, 4) is 0 Å². The number of hydrogen-bond acceptors (Lipinski definition) is 3. The molecule has 0 saturated heterocycles. The highest BCUT2D eigenvalue weighted by molar-refractivity contribution is 6.09. The summed E-state index contributed by atoms with van der Waals surface area (Å²) in [7, 11) is 0. The average Bonchev–Trinajstić information content (AvgIpc) is 3.46. The van der Waals surface area contributed by atoms with E-state index in [0.29, 0.717) is 24.1 Å². The molecule has 6 heteroatoms. The summed E-state index contributed by atoms with van der Waals surface area (Å²) in [6.07, 6.45) is 2.68. The van der Waals surface area contributed by atoms with Gasteiger partial charge >= 0.3 is 5.97 Å². The summed E-state index contributed by atoms with van der Waals surface area (Å²) >= 11 is 0. The molecule has 0 spiro atoms. The van der Waals surface area contributed by atoms with Gasteiger partial charge in [-0.25, -0.2) is 4.39 Å². The van der Waals surface area contributed by atoms with Crippen LogP contribution in [0.15, 0.2) is 66.7 Å². The number of anilines is 1.